The minimum absolute atomic E-state index is 0.325. The number of halogens is 3. The van der Waals surface area contributed by atoms with Crippen LogP contribution in [0.3, 0.4) is 0 Å². The van der Waals surface area contributed by atoms with E-state index in [1.165, 1.54) is 7.11 Å². The first kappa shape index (κ1) is 15.7. The largest absolute Gasteiger partial charge is 0.493 e. The number of nitrogens with one attached hydrogen (secondary N) is 1. The number of benzene rings is 2. The van der Waals surface area contributed by atoms with Crippen molar-refractivity contribution in [2.75, 3.05) is 19.0 Å². The van der Waals surface area contributed by atoms with Crippen molar-refractivity contribution < 1.29 is 27.4 Å². The molecule has 2 rings (SSSR count). The van der Waals surface area contributed by atoms with Crippen LogP contribution in [0.2, 0.25) is 0 Å². The summed E-state index contributed by atoms with van der Waals surface area (Å²) in [5.41, 5.74) is -0.465. The number of hydrogen-bond acceptors (Lipinski definition) is 3. The van der Waals surface area contributed by atoms with E-state index in [1.807, 2.05) is 0 Å². The normalized spacial score (nSPS) is 10.2. The van der Waals surface area contributed by atoms with Crippen LogP contribution in [-0.2, 0) is 4.79 Å². The van der Waals surface area contributed by atoms with Gasteiger partial charge in [-0.05, 0) is 24.3 Å². The Bertz CT molecular complexity index is 692. The molecule has 0 fully saturated rings. The topological polar surface area (TPSA) is 47.6 Å². The fourth-order valence-electron chi connectivity index (χ4n) is 1.69. The van der Waals surface area contributed by atoms with Crippen LogP contribution >= 0.6 is 0 Å². The second-order valence-corrected chi connectivity index (χ2v) is 4.21. The van der Waals surface area contributed by atoms with Crippen LogP contribution in [0.15, 0.2) is 36.4 Å². The lowest BCUT2D eigenvalue weighted by Gasteiger charge is -2.11. The Hall–Kier alpha value is -2.70. The van der Waals surface area contributed by atoms with Crippen LogP contribution < -0.4 is 14.8 Å². The SMILES string of the molecule is COc1ccccc1OCC(=O)Nc1ccc(F)c(F)c1F. The van der Waals surface area contributed by atoms with Crippen molar-refractivity contribution in [1.82, 2.24) is 0 Å². The molecule has 0 aliphatic heterocycles. The molecule has 1 N–H and O–H groups in total. The fraction of sp³-hybridized carbons (Fsp3) is 0.133. The molecule has 0 bridgehead atoms. The standard InChI is InChI=1S/C15H12F3NO3/c1-21-11-4-2-3-5-12(11)22-8-13(20)19-10-7-6-9(16)14(17)15(10)18/h2-7H,8H2,1H3,(H,19,20). The Balaban J connectivity index is 2.01. The van der Waals surface area contributed by atoms with Gasteiger partial charge in [0.25, 0.3) is 5.91 Å². The Kier molecular flexibility index (Phi) is 4.88. The van der Waals surface area contributed by atoms with Crippen molar-refractivity contribution in [3.05, 3.63) is 53.8 Å². The zero-order valence-electron chi connectivity index (χ0n) is 11.5. The highest BCUT2D eigenvalue weighted by Crippen LogP contribution is 2.25. The molecule has 0 aliphatic carbocycles. The van der Waals surface area contributed by atoms with Gasteiger partial charge in [-0.2, -0.15) is 0 Å². The molecule has 0 heterocycles. The number of para-hydroxylation sites is 2. The second kappa shape index (κ2) is 6.84. The highest BCUT2D eigenvalue weighted by molar-refractivity contribution is 5.92. The van der Waals surface area contributed by atoms with Crippen molar-refractivity contribution in [2.45, 2.75) is 0 Å². The third-order valence-corrected chi connectivity index (χ3v) is 2.74. The average molecular weight is 311 g/mol. The zero-order chi connectivity index (χ0) is 16.1. The van der Waals surface area contributed by atoms with Crippen LogP contribution in [0.25, 0.3) is 0 Å². The molecule has 0 spiro atoms. The van der Waals surface area contributed by atoms with Gasteiger partial charge in [-0.25, -0.2) is 13.2 Å². The fourth-order valence-corrected chi connectivity index (χ4v) is 1.69. The molecule has 0 saturated heterocycles. The van der Waals surface area contributed by atoms with E-state index in [1.54, 1.807) is 24.3 Å². The molecule has 0 atom stereocenters. The average Bonchev–Trinajstić information content (AvgIpc) is 2.53. The molecule has 0 saturated carbocycles. The maximum Gasteiger partial charge on any atom is 0.262 e. The van der Waals surface area contributed by atoms with Crippen LogP contribution in [0.4, 0.5) is 18.9 Å². The molecule has 116 valence electrons. The number of carbonyl (C=O) groups is 1. The molecule has 0 unspecified atom stereocenters. The van der Waals surface area contributed by atoms with Gasteiger partial charge >= 0.3 is 0 Å². The predicted molar refractivity (Wildman–Crippen MR) is 73.4 cm³/mol. The Morgan fingerprint density at radius 1 is 1.05 bits per heavy atom. The van der Waals surface area contributed by atoms with E-state index in [0.29, 0.717) is 11.5 Å². The summed E-state index contributed by atoms with van der Waals surface area (Å²) in [6.45, 7) is -0.446. The second-order valence-electron chi connectivity index (χ2n) is 4.21. The van der Waals surface area contributed by atoms with Gasteiger partial charge in [0, 0.05) is 0 Å². The summed E-state index contributed by atoms with van der Waals surface area (Å²) in [6, 6.07) is 8.28. The summed E-state index contributed by atoms with van der Waals surface area (Å²) in [5.74, 6) is -4.43. The van der Waals surface area contributed by atoms with Crippen molar-refractivity contribution in [1.29, 1.82) is 0 Å². The first-order chi connectivity index (χ1) is 10.5. The molecule has 0 aliphatic rings. The maximum absolute atomic E-state index is 13.4. The van der Waals surface area contributed by atoms with Crippen LogP contribution in [0.1, 0.15) is 0 Å². The molecule has 0 radical (unpaired) electrons. The number of carbonyl (C=O) groups excluding carboxylic acids is 1. The molecule has 7 heteroatoms. The van der Waals surface area contributed by atoms with Crippen LogP contribution in [0.5, 0.6) is 11.5 Å². The van der Waals surface area contributed by atoms with E-state index >= 15 is 0 Å². The third kappa shape index (κ3) is 3.49. The number of rotatable bonds is 5. The van der Waals surface area contributed by atoms with E-state index < -0.39 is 35.7 Å². The first-order valence-corrected chi connectivity index (χ1v) is 6.22. The Morgan fingerprint density at radius 3 is 2.41 bits per heavy atom. The summed E-state index contributed by atoms with van der Waals surface area (Å²) in [4.78, 5) is 11.7. The molecular weight excluding hydrogens is 299 g/mol. The third-order valence-electron chi connectivity index (χ3n) is 2.74. The molecule has 2 aromatic rings. The van der Waals surface area contributed by atoms with E-state index in [9.17, 15) is 18.0 Å². The van der Waals surface area contributed by atoms with Gasteiger partial charge in [0.15, 0.2) is 35.6 Å². The van der Waals surface area contributed by atoms with Gasteiger partial charge in [0.2, 0.25) is 0 Å². The summed E-state index contributed by atoms with van der Waals surface area (Å²) in [6.07, 6.45) is 0. The van der Waals surface area contributed by atoms with Crippen molar-refractivity contribution >= 4 is 11.6 Å². The number of methoxy groups -OCH3 is 1. The number of ether oxygens (including phenoxy) is 2. The van der Waals surface area contributed by atoms with Gasteiger partial charge in [-0.3, -0.25) is 4.79 Å². The lowest BCUT2D eigenvalue weighted by atomic mass is 10.3. The molecule has 2 aromatic carbocycles. The highest BCUT2D eigenvalue weighted by atomic mass is 19.2. The minimum atomic E-state index is -1.65. The summed E-state index contributed by atoms with van der Waals surface area (Å²) < 4.78 is 49.5. The van der Waals surface area contributed by atoms with E-state index in [4.69, 9.17) is 9.47 Å². The monoisotopic (exact) mass is 311 g/mol. The van der Waals surface area contributed by atoms with Gasteiger partial charge in [0.05, 0.1) is 12.8 Å². The first-order valence-electron chi connectivity index (χ1n) is 6.22. The Morgan fingerprint density at radius 2 is 1.73 bits per heavy atom. The zero-order valence-corrected chi connectivity index (χ0v) is 11.5. The van der Waals surface area contributed by atoms with Crippen LogP contribution in [-0.4, -0.2) is 19.6 Å². The smallest absolute Gasteiger partial charge is 0.262 e. The molecule has 4 nitrogen and oxygen atoms in total. The number of amides is 1. The van der Waals surface area contributed by atoms with E-state index in [-0.39, 0.29) is 0 Å². The lowest BCUT2D eigenvalue weighted by molar-refractivity contribution is -0.118. The summed E-state index contributed by atoms with van der Waals surface area (Å²) in [7, 11) is 1.44. The van der Waals surface area contributed by atoms with Gasteiger partial charge in [-0.1, -0.05) is 12.1 Å². The van der Waals surface area contributed by atoms with Crippen molar-refractivity contribution in [3.8, 4) is 11.5 Å². The Labute approximate surface area is 124 Å². The highest BCUT2D eigenvalue weighted by Gasteiger charge is 2.15. The quantitative estimate of drug-likeness (QED) is 0.863. The summed E-state index contributed by atoms with van der Waals surface area (Å²) in [5, 5.41) is 2.10. The molecule has 0 aromatic heterocycles. The molecule has 22 heavy (non-hydrogen) atoms. The van der Waals surface area contributed by atoms with Gasteiger partial charge in [0.1, 0.15) is 0 Å². The van der Waals surface area contributed by atoms with Crippen molar-refractivity contribution in [2.24, 2.45) is 0 Å². The maximum atomic E-state index is 13.4. The lowest BCUT2D eigenvalue weighted by Crippen LogP contribution is -2.21. The summed E-state index contributed by atoms with van der Waals surface area (Å²) >= 11 is 0. The van der Waals surface area contributed by atoms with Gasteiger partial charge in [-0.15, -0.1) is 0 Å². The van der Waals surface area contributed by atoms with Crippen molar-refractivity contribution in [3.63, 3.8) is 0 Å². The van der Waals surface area contributed by atoms with Crippen LogP contribution in [0, 0.1) is 17.5 Å². The molecule has 1 amide bonds. The number of anilines is 1. The minimum Gasteiger partial charge on any atom is -0.493 e. The molecular formula is C15H12F3NO3. The number of hydrogen-bond donors (Lipinski definition) is 1. The predicted octanol–water partition coefficient (Wildman–Crippen LogP) is 3.13. The van der Waals surface area contributed by atoms with Gasteiger partial charge < -0.3 is 14.8 Å². The van der Waals surface area contributed by atoms with E-state index in [2.05, 4.69) is 5.32 Å². The van der Waals surface area contributed by atoms with E-state index in [0.717, 1.165) is 12.1 Å².